The Morgan fingerprint density at radius 2 is 2.05 bits per heavy atom. The van der Waals surface area contributed by atoms with Crippen LogP contribution < -0.4 is 0 Å². The van der Waals surface area contributed by atoms with Gasteiger partial charge >= 0.3 is 5.97 Å². The van der Waals surface area contributed by atoms with E-state index in [0.29, 0.717) is 23.2 Å². The first-order valence-corrected chi connectivity index (χ1v) is 5.83. The molecule has 0 aliphatic rings. The third-order valence-corrected chi connectivity index (χ3v) is 2.58. The molecule has 2 rings (SSSR count). The van der Waals surface area contributed by atoms with E-state index in [9.17, 15) is 9.59 Å². The largest absolute Gasteiger partial charge is 0.465 e. The Balaban J connectivity index is 2.11. The molecule has 0 aliphatic heterocycles. The normalized spacial score (nSPS) is 10.4. The molecule has 2 aromatic rings. The highest BCUT2D eigenvalue weighted by Crippen LogP contribution is 2.12. The summed E-state index contributed by atoms with van der Waals surface area (Å²) in [5.41, 5.74) is 1.74. The van der Waals surface area contributed by atoms with Crippen molar-refractivity contribution < 1.29 is 14.3 Å². The van der Waals surface area contributed by atoms with E-state index in [1.165, 1.54) is 4.90 Å². The van der Waals surface area contributed by atoms with Crippen LogP contribution in [0, 0.1) is 0 Å². The van der Waals surface area contributed by atoms with E-state index in [2.05, 4.69) is 15.4 Å². The Bertz CT molecular complexity index is 608. The molecule has 1 aromatic carbocycles. The Labute approximate surface area is 109 Å². The highest BCUT2D eigenvalue weighted by atomic mass is 16.5. The third kappa shape index (κ3) is 2.87. The summed E-state index contributed by atoms with van der Waals surface area (Å²) in [6, 6.07) is 4.97. The van der Waals surface area contributed by atoms with E-state index in [1.807, 2.05) is 0 Å². The third-order valence-electron chi connectivity index (χ3n) is 2.58. The van der Waals surface area contributed by atoms with Crippen LogP contribution in [0.25, 0.3) is 11.0 Å². The topological polar surface area (TPSA) is 88.2 Å². The number of carbonyl (C=O) groups is 2. The number of esters is 1. The van der Waals surface area contributed by atoms with Crippen LogP contribution in [0.4, 0.5) is 0 Å². The molecule has 1 heterocycles. The molecule has 0 radical (unpaired) electrons. The average Bonchev–Trinajstić information content (AvgIpc) is 2.85. The number of benzene rings is 1. The van der Waals surface area contributed by atoms with Gasteiger partial charge in [-0.3, -0.25) is 9.59 Å². The minimum atomic E-state index is -0.430. The van der Waals surface area contributed by atoms with E-state index >= 15 is 0 Å². The van der Waals surface area contributed by atoms with Crippen LogP contribution in [0.15, 0.2) is 18.2 Å². The molecule has 1 amide bonds. The smallest absolute Gasteiger partial charge is 0.325 e. The highest BCUT2D eigenvalue weighted by molar-refractivity contribution is 5.98. The molecule has 19 heavy (non-hydrogen) atoms. The zero-order valence-electron chi connectivity index (χ0n) is 10.7. The van der Waals surface area contributed by atoms with Gasteiger partial charge in [0.1, 0.15) is 17.6 Å². The Morgan fingerprint density at radius 1 is 1.32 bits per heavy atom. The predicted molar refractivity (Wildman–Crippen MR) is 67.5 cm³/mol. The van der Waals surface area contributed by atoms with Crippen LogP contribution in [0.1, 0.15) is 17.3 Å². The molecule has 0 saturated heterocycles. The lowest BCUT2D eigenvalue weighted by molar-refractivity contribution is -0.143. The molecule has 100 valence electrons. The van der Waals surface area contributed by atoms with Gasteiger partial charge in [0.15, 0.2) is 0 Å². The predicted octanol–water partition coefficient (Wildman–Crippen LogP) is 0.593. The van der Waals surface area contributed by atoms with Crippen LogP contribution in [0.5, 0.6) is 0 Å². The summed E-state index contributed by atoms with van der Waals surface area (Å²) < 4.78 is 4.80. The van der Waals surface area contributed by atoms with Gasteiger partial charge in [-0.2, -0.15) is 15.4 Å². The van der Waals surface area contributed by atoms with Gasteiger partial charge < -0.3 is 9.64 Å². The number of nitrogens with one attached hydrogen (secondary N) is 1. The monoisotopic (exact) mass is 262 g/mol. The lowest BCUT2D eigenvalue weighted by Gasteiger charge is -2.15. The molecule has 1 N–H and O–H groups in total. The number of likely N-dealkylation sites (N-methyl/N-ethyl adjacent to an activating group) is 1. The fourth-order valence-corrected chi connectivity index (χ4v) is 1.67. The second-order valence-corrected chi connectivity index (χ2v) is 3.99. The number of aromatic amines is 1. The first-order valence-electron chi connectivity index (χ1n) is 5.83. The summed E-state index contributed by atoms with van der Waals surface area (Å²) >= 11 is 0. The maximum absolute atomic E-state index is 12.1. The van der Waals surface area contributed by atoms with Gasteiger partial charge in [0.2, 0.25) is 0 Å². The van der Waals surface area contributed by atoms with Gasteiger partial charge in [-0.15, -0.1) is 0 Å². The molecule has 0 saturated carbocycles. The average molecular weight is 262 g/mol. The van der Waals surface area contributed by atoms with Crippen molar-refractivity contribution in [2.24, 2.45) is 0 Å². The van der Waals surface area contributed by atoms with Gasteiger partial charge in [0.25, 0.3) is 5.91 Å². The molecule has 0 bridgehead atoms. The first kappa shape index (κ1) is 13.0. The Morgan fingerprint density at radius 3 is 2.79 bits per heavy atom. The highest BCUT2D eigenvalue weighted by Gasteiger charge is 2.16. The lowest BCUT2D eigenvalue weighted by Crippen LogP contribution is -2.33. The second-order valence-electron chi connectivity index (χ2n) is 3.99. The minimum Gasteiger partial charge on any atom is -0.465 e. The maximum atomic E-state index is 12.1. The molecule has 0 aliphatic carbocycles. The fraction of sp³-hybridized carbons (Fsp3) is 0.333. The SMILES string of the molecule is CCOC(=O)CN(C)C(=O)c1ccc2n[nH]nc2c1. The van der Waals surface area contributed by atoms with Crippen LogP contribution in [0.3, 0.4) is 0 Å². The number of hydrogen-bond donors (Lipinski definition) is 1. The van der Waals surface area contributed by atoms with Crippen molar-refractivity contribution in [1.29, 1.82) is 0 Å². The van der Waals surface area contributed by atoms with Crippen molar-refractivity contribution in [3.63, 3.8) is 0 Å². The van der Waals surface area contributed by atoms with Crippen LogP contribution in [-0.2, 0) is 9.53 Å². The van der Waals surface area contributed by atoms with E-state index in [0.717, 1.165) is 0 Å². The molecule has 0 unspecified atom stereocenters. The zero-order valence-corrected chi connectivity index (χ0v) is 10.7. The number of carbonyl (C=O) groups excluding carboxylic acids is 2. The van der Waals surface area contributed by atoms with Crippen molar-refractivity contribution in [3.8, 4) is 0 Å². The summed E-state index contributed by atoms with van der Waals surface area (Å²) in [4.78, 5) is 24.7. The number of aromatic nitrogens is 3. The fourth-order valence-electron chi connectivity index (χ4n) is 1.67. The number of H-pyrrole nitrogens is 1. The zero-order chi connectivity index (χ0) is 13.8. The minimum absolute atomic E-state index is 0.0798. The van der Waals surface area contributed by atoms with E-state index in [4.69, 9.17) is 4.74 Å². The van der Waals surface area contributed by atoms with Gasteiger partial charge in [0, 0.05) is 12.6 Å². The molecule has 7 heteroatoms. The van der Waals surface area contributed by atoms with Gasteiger partial charge in [-0.05, 0) is 25.1 Å². The van der Waals surface area contributed by atoms with Gasteiger partial charge in [-0.1, -0.05) is 0 Å². The lowest BCUT2D eigenvalue weighted by atomic mass is 10.2. The van der Waals surface area contributed by atoms with Crippen molar-refractivity contribution in [2.45, 2.75) is 6.92 Å². The molecule has 0 spiro atoms. The van der Waals surface area contributed by atoms with Gasteiger partial charge in [0.05, 0.1) is 6.61 Å². The number of amides is 1. The Hall–Kier alpha value is -2.44. The van der Waals surface area contributed by atoms with Gasteiger partial charge in [-0.25, -0.2) is 0 Å². The molecule has 7 nitrogen and oxygen atoms in total. The summed E-state index contributed by atoms with van der Waals surface area (Å²) in [6.07, 6.45) is 0. The van der Waals surface area contributed by atoms with E-state index in [-0.39, 0.29) is 12.5 Å². The van der Waals surface area contributed by atoms with Crippen LogP contribution >= 0.6 is 0 Å². The quantitative estimate of drug-likeness (QED) is 0.815. The number of fused-ring (bicyclic) bond motifs is 1. The van der Waals surface area contributed by atoms with Crippen molar-refractivity contribution in [2.75, 3.05) is 20.2 Å². The van der Waals surface area contributed by atoms with E-state index < -0.39 is 5.97 Å². The van der Waals surface area contributed by atoms with Crippen molar-refractivity contribution in [3.05, 3.63) is 23.8 Å². The van der Waals surface area contributed by atoms with Crippen molar-refractivity contribution in [1.82, 2.24) is 20.3 Å². The number of hydrogen-bond acceptors (Lipinski definition) is 5. The second kappa shape index (κ2) is 5.47. The van der Waals surface area contributed by atoms with Crippen LogP contribution in [-0.4, -0.2) is 52.4 Å². The first-order chi connectivity index (χ1) is 9.11. The van der Waals surface area contributed by atoms with Crippen LogP contribution in [0.2, 0.25) is 0 Å². The Kier molecular flexibility index (Phi) is 3.74. The summed E-state index contributed by atoms with van der Waals surface area (Å²) in [5, 5.41) is 10.3. The molecular formula is C12H14N4O3. The molecule has 1 aromatic heterocycles. The summed E-state index contributed by atoms with van der Waals surface area (Å²) in [5.74, 6) is -0.696. The number of rotatable bonds is 4. The number of nitrogens with zero attached hydrogens (tertiary/aromatic N) is 3. The standard InChI is InChI=1S/C12H14N4O3/c1-3-19-11(17)7-16(2)12(18)8-4-5-9-10(6-8)14-15-13-9/h4-6H,3,7H2,1-2H3,(H,13,14,15). The molecule has 0 atom stereocenters. The van der Waals surface area contributed by atoms with E-state index in [1.54, 1.807) is 32.2 Å². The number of ether oxygens (including phenoxy) is 1. The maximum Gasteiger partial charge on any atom is 0.325 e. The summed E-state index contributed by atoms with van der Waals surface area (Å²) in [7, 11) is 1.55. The molecular weight excluding hydrogens is 248 g/mol. The summed E-state index contributed by atoms with van der Waals surface area (Å²) in [6.45, 7) is 1.94. The van der Waals surface area contributed by atoms with Crippen molar-refractivity contribution >= 4 is 22.9 Å². The molecule has 0 fully saturated rings.